The largest absolute Gasteiger partial charge is 0.458 e. The van der Waals surface area contributed by atoms with Gasteiger partial charge in [0.1, 0.15) is 11.9 Å². The third-order valence-corrected chi connectivity index (χ3v) is 6.11. The van der Waals surface area contributed by atoms with Crippen LogP contribution < -0.4 is 0 Å². The molecule has 4 unspecified atom stereocenters. The first-order chi connectivity index (χ1) is 10.8. The zero-order chi connectivity index (χ0) is 16.8. The second kappa shape index (κ2) is 5.92. The van der Waals surface area contributed by atoms with Crippen LogP contribution in [-0.2, 0) is 14.3 Å². The van der Waals surface area contributed by atoms with E-state index < -0.39 is 0 Å². The molecule has 0 saturated heterocycles. The summed E-state index contributed by atoms with van der Waals surface area (Å²) in [4.78, 5) is 24.4. The Hall–Kier alpha value is -1.38. The highest BCUT2D eigenvalue weighted by Crippen LogP contribution is 2.55. The average molecular weight is 316 g/mol. The van der Waals surface area contributed by atoms with Crippen molar-refractivity contribution < 1.29 is 14.3 Å². The minimum absolute atomic E-state index is 0.0664. The third kappa shape index (κ3) is 3.02. The quantitative estimate of drug-likeness (QED) is 0.492. The molecule has 0 aromatic heterocycles. The first-order valence-corrected chi connectivity index (χ1v) is 8.88. The van der Waals surface area contributed by atoms with E-state index in [0.29, 0.717) is 24.5 Å². The van der Waals surface area contributed by atoms with Crippen molar-refractivity contribution in [2.45, 2.75) is 72.3 Å². The van der Waals surface area contributed by atoms with E-state index in [1.807, 2.05) is 6.92 Å². The van der Waals surface area contributed by atoms with Gasteiger partial charge in [0.05, 0.1) is 0 Å². The Morgan fingerprint density at radius 1 is 1.26 bits per heavy atom. The van der Waals surface area contributed by atoms with E-state index in [0.717, 1.165) is 31.3 Å². The fourth-order valence-electron chi connectivity index (χ4n) is 4.82. The maximum absolute atomic E-state index is 12.2. The molecule has 0 radical (unpaired) electrons. The van der Waals surface area contributed by atoms with Gasteiger partial charge in [-0.05, 0) is 50.9 Å². The van der Waals surface area contributed by atoms with Gasteiger partial charge in [-0.25, -0.2) is 4.79 Å². The van der Waals surface area contributed by atoms with Gasteiger partial charge >= 0.3 is 5.97 Å². The summed E-state index contributed by atoms with van der Waals surface area (Å²) in [5, 5.41) is 0. The molecule has 3 rings (SSSR count). The van der Waals surface area contributed by atoms with Crippen LogP contribution in [0.3, 0.4) is 0 Å². The van der Waals surface area contributed by atoms with Gasteiger partial charge in [-0.1, -0.05) is 31.1 Å². The molecule has 0 aromatic rings. The van der Waals surface area contributed by atoms with Gasteiger partial charge in [0, 0.05) is 24.3 Å². The van der Waals surface area contributed by atoms with Crippen LogP contribution in [0.25, 0.3) is 0 Å². The number of ether oxygens (including phenoxy) is 1. The summed E-state index contributed by atoms with van der Waals surface area (Å²) in [6.45, 7) is 8.43. The van der Waals surface area contributed by atoms with E-state index in [-0.39, 0.29) is 23.4 Å². The molecule has 0 aromatic carbocycles. The van der Waals surface area contributed by atoms with Gasteiger partial charge in [0.25, 0.3) is 0 Å². The predicted molar refractivity (Wildman–Crippen MR) is 89.8 cm³/mol. The van der Waals surface area contributed by atoms with Crippen molar-refractivity contribution >= 4 is 11.8 Å². The van der Waals surface area contributed by atoms with E-state index in [1.165, 1.54) is 11.1 Å². The van der Waals surface area contributed by atoms with E-state index in [9.17, 15) is 9.59 Å². The van der Waals surface area contributed by atoms with Gasteiger partial charge in [0.15, 0.2) is 0 Å². The second-order valence-corrected chi connectivity index (χ2v) is 8.24. The third-order valence-electron chi connectivity index (χ3n) is 6.11. The molecule has 0 spiro atoms. The Morgan fingerprint density at radius 2 is 2.00 bits per heavy atom. The summed E-state index contributed by atoms with van der Waals surface area (Å²) < 4.78 is 5.82. The number of hydrogen-bond donors (Lipinski definition) is 0. The van der Waals surface area contributed by atoms with Crippen molar-refractivity contribution in [1.29, 1.82) is 0 Å². The molecule has 0 N–H and O–H groups in total. The van der Waals surface area contributed by atoms with Crippen LogP contribution in [-0.4, -0.2) is 17.9 Å². The summed E-state index contributed by atoms with van der Waals surface area (Å²) in [7, 11) is 0. The molecule has 1 heterocycles. The Morgan fingerprint density at radius 3 is 2.74 bits per heavy atom. The fourth-order valence-corrected chi connectivity index (χ4v) is 4.82. The average Bonchev–Trinajstić information content (AvgIpc) is 2.80. The molecular formula is C20H28O3. The topological polar surface area (TPSA) is 43.4 Å². The van der Waals surface area contributed by atoms with Gasteiger partial charge in [-0.15, -0.1) is 0 Å². The number of hydrogen-bond acceptors (Lipinski definition) is 3. The highest BCUT2D eigenvalue weighted by molar-refractivity contribution is 5.90. The molecule has 3 heteroatoms. The van der Waals surface area contributed by atoms with Gasteiger partial charge in [-0.2, -0.15) is 0 Å². The molecule has 126 valence electrons. The smallest absolute Gasteiger partial charge is 0.333 e. The van der Waals surface area contributed by atoms with Crippen molar-refractivity contribution in [1.82, 2.24) is 0 Å². The van der Waals surface area contributed by atoms with Crippen LogP contribution in [0, 0.1) is 17.3 Å². The van der Waals surface area contributed by atoms with Gasteiger partial charge < -0.3 is 4.74 Å². The Kier molecular flexibility index (Phi) is 4.24. The lowest BCUT2D eigenvalue weighted by molar-refractivity contribution is -0.151. The van der Waals surface area contributed by atoms with Crippen molar-refractivity contribution in [3.05, 3.63) is 22.8 Å². The standard InChI is InChI=1S/C20H28O3/c1-12-5-7-20(4)8-6-16-14(3)19(22)23-17(18(16)20)11-13(2)10-15(21)9-12/h5,13,17-18H,6-11H2,1-4H3. The highest BCUT2D eigenvalue weighted by atomic mass is 16.5. The summed E-state index contributed by atoms with van der Waals surface area (Å²) in [6.07, 6.45) is 7.21. The molecule has 23 heavy (non-hydrogen) atoms. The van der Waals surface area contributed by atoms with E-state index >= 15 is 0 Å². The molecular weight excluding hydrogens is 288 g/mol. The van der Waals surface area contributed by atoms with Crippen molar-refractivity contribution in [2.75, 3.05) is 0 Å². The Balaban J connectivity index is 2.02. The molecule has 1 aliphatic heterocycles. The molecule has 2 aliphatic carbocycles. The van der Waals surface area contributed by atoms with Crippen molar-refractivity contribution in [2.24, 2.45) is 17.3 Å². The number of Topliss-reactive ketones (excluding diaryl/α,β-unsaturated/α-hetero) is 1. The highest BCUT2D eigenvalue weighted by Gasteiger charge is 2.50. The molecule has 0 bridgehead atoms. The van der Waals surface area contributed by atoms with Crippen LogP contribution in [0.1, 0.15) is 66.2 Å². The molecule has 3 aliphatic rings. The number of allylic oxidation sites excluding steroid dienone is 2. The lowest BCUT2D eigenvalue weighted by atomic mass is 9.70. The number of carbonyl (C=O) groups excluding carboxylic acids is 2. The Labute approximate surface area is 139 Å². The van der Waals surface area contributed by atoms with Crippen LogP contribution in [0.2, 0.25) is 0 Å². The lowest BCUT2D eigenvalue weighted by Gasteiger charge is -2.40. The van der Waals surface area contributed by atoms with Gasteiger partial charge in [0.2, 0.25) is 0 Å². The fraction of sp³-hybridized carbons (Fsp3) is 0.700. The van der Waals surface area contributed by atoms with Crippen LogP contribution in [0.5, 0.6) is 0 Å². The van der Waals surface area contributed by atoms with Crippen LogP contribution in [0.4, 0.5) is 0 Å². The minimum Gasteiger partial charge on any atom is -0.458 e. The number of carbonyl (C=O) groups is 2. The minimum atomic E-state index is -0.148. The molecule has 1 saturated carbocycles. The first kappa shape index (κ1) is 16.5. The monoisotopic (exact) mass is 316 g/mol. The maximum atomic E-state index is 12.2. The van der Waals surface area contributed by atoms with Gasteiger partial charge in [-0.3, -0.25) is 4.79 Å². The normalized spacial score (nSPS) is 38.6. The lowest BCUT2D eigenvalue weighted by Crippen LogP contribution is -2.40. The predicted octanol–water partition coefficient (Wildman–Crippen LogP) is 4.37. The Bertz CT molecular complexity index is 598. The second-order valence-electron chi connectivity index (χ2n) is 8.24. The number of rotatable bonds is 0. The maximum Gasteiger partial charge on any atom is 0.333 e. The van der Waals surface area contributed by atoms with E-state index in [2.05, 4.69) is 26.8 Å². The van der Waals surface area contributed by atoms with E-state index in [1.54, 1.807) is 0 Å². The first-order valence-electron chi connectivity index (χ1n) is 8.88. The zero-order valence-corrected chi connectivity index (χ0v) is 14.8. The summed E-state index contributed by atoms with van der Waals surface area (Å²) >= 11 is 0. The summed E-state index contributed by atoms with van der Waals surface area (Å²) in [6, 6.07) is 0. The number of esters is 1. The number of ketones is 1. The van der Waals surface area contributed by atoms with Crippen LogP contribution >= 0.6 is 0 Å². The van der Waals surface area contributed by atoms with Crippen LogP contribution in [0.15, 0.2) is 22.8 Å². The zero-order valence-electron chi connectivity index (χ0n) is 14.8. The summed E-state index contributed by atoms with van der Waals surface area (Å²) in [5.74, 6) is 0.735. The molecule has 3 nitrogen and oxygen atoms in total. The van der Waals surface area contributed by atoms with E-state index in [4.69, 9.17) is 4.74 Å². The van der Waals surface area contributed by atoms with Crippen molar-refractivity contribution in [3.8, 4) is 0 Å². The molecule has 0 amide bonds. The molecule has 4 atom stereocenters. The summed E-state index contributed by atoms with van der Waals surface area (Å²) in [5.41, 5.74) is 3.46. The van der Waals surface area contributed by atoms with Crippen molar-refractivity contribution in [3.63, 3.8) is 0 Å². The molecule has 1 fully saturated rings. The SMILES string of the molecule is CC1=CCC2(C)CCC3=C(C)C(=O)OC(CC(C)CC(=O)C1)C32.